The van der Waals surface area contributed by atoms with E-state index in [2.05, 4.69) is 35.2 Å². The number of nitrogens with one attached hydrogen (secondary N) is 1. The minimum atomic E-state index is 0.999. The monoisotopic (exact) mass is 229 g/mol. The number of benzene rings is 1. The van der Waals surface area contributed by atoms with E-state index in [-0.39, 0.29) is 0 Å². The third-order valence-corrected chi connectivity index (χ3v) is 2.73. The molecule has 90 valence electrons. The Morgan fingerprint density at radius 3 is 2.88 bits per heavy atom. The summed E-state index contributed by atoms with van der Waals surface area (Å²) in [5.41, 5.74) is 3.51. The molecule has 0 aliphatic heterocycles. The smallest absolute Gasteiger partial charge is 0.0908 e. The van der Waals surface area contributed by atoms with Crippen LogP contribution in [0.2, 0.25) is 0 Å². The van der Waals surface area contributed by atoms with Crippen molar-refractivity contribution in [2.24, 2.45) is 4.99 Å². The van der Waals surface area contributed by atoms with Crippen LogP contribution in [-0.2, 0) is 6.42 Å². The van der Waals surface area contributed by atoms with Crippen molar-refractivity contribution in [3.63, 3.8) is 0 Å². The molecule has 0 aliphatic carbocycles. The number of H-pyrrole nitrogens is 1. The molecule has 3 nitrogen and oxygen atoms in total. The molecule has 1 aromatic carbocycles. The molecule has 2 rings (SSSR count). The molecule has 0 radical (unpaired) electrons. The van der Waals surface area contributed by atoms with Gasteiger partial charge in [0.1, 0.15) is 0 Å². The summed E-state index contributed by atoms with van der Waals surface area (Å²) >= 11 is 0. The van der Waals surface area contributed by atoms with Crippen molar-refractivity contribution < 1.29 is 0 Å². The first-order chi connectivity index (χ1) is 8.22. The Morgan fingerprint density at radius 2 is 2.18 bits per heavy atom. The molecule has 2 aromatic rings. The van der Waals surface area contributed by atoms with Gasteiger partial charge in [-0.15, -0.1) is 0 Å². The molecular weight excluding hydrogens is 210 g/mol. The van der Waals surface area contributed by atoms with E-state index in [0.717, 1.165) is 24.0 Å². The van der Waals surface area contributed by atoms with Gasteiger partial charge in [0.05, 0.1) is 17.5 Å². The highest BCUT2D eigenvalue weighted by Crippen LogP contribution is 2.27. The van der Waals surface area contributed by atoms with Crippen molar-refractivity contribution >= 4 is 22.9 Å². The molecule has 0 saturated heterocycles. The van der Waals surface area contributed by atoms with E-state index in [0.29, 0.717) is 0 Å². The van der Waals surface area contributed by atoms with Crippen molar-refractivity contribution in [3.8, 4) is 0 Å². The topological polar surface area (TPSA) is 31.4 Å². The number of aliphatic imine (C=N–C) groups is 1. The Bertz CT molecular complexity index is 523. The Labute approximate surface area is 102 Å². The second-order valence-corrected chi connectivity index (χ2v) is 4.47. The molecule has 1 N–H and O–H groups in total. The molecule has 1 heterocycles. The molecule has 1 aromatic heterocycles. The molecule has 0 spiro atoms. The average Bonchev–Trinajstić information content (AvgIpc) is 2.71. The highest BCUT2D eigenvalue weighted by atomic mass is 15.1. The van der Waals surface area contributed by atoms with Crippen LogP contribution in [0.5, 0.6) is 0 Å². The SMILES string of the molecule is CCCc1c[nH]c2c(N=CN(C)C)cccc12. The second-order valence-electron chi connectivity index (χ2n) is 4.47. The summed E-state index contributed by atoms with van der Waals surface area (Å²) in [4.78, 5) is 9.75. The molecule has 0 saturated carbocycles. The fourth-order valence-electron chi connectivity index (χ4n) is 1.96. The van der Waals surface area contributed by atoms with Gasteiger partial charge in [-0.25, -0.2) is 4.99 Å². The van der Waals surface area contributed by atoms with Crippen molar-refractivity contribution in [1.82, 2.24) is 9.88 Å². The zero-order valence-corrected chi connectivity index (χ0v) is 10.7. The summed E-state index contributed by atoms with van der Waals surface area (Å²) in [6.07, 6.45) is 6.21. The van der Waals surface area contributed by atoms with Gasteiger partial charge in [-0.1, -0.05) is 25.5 Å². The van der Waals surface area contributed by atoms with Crippen LogP contribution in [-0.4, -0.2) is 30.3 Å². The lowest BCUT2D eigenvalue weighted by molar-refractivity contribution is 0.643. The van der Waals surface area contributed by atoms with Crippen LogP contribution < -0.4 is 0 Å². The van der Waals surface area contributed by atoms with Crippen LogP contribution in [0, 0.1) is 0 Å². The highest BCUT2D eigenvalue weighted by Gasteiger charge is 2.05. The van der Waals surface area contributed by atoms with Gasteiger partial charge in [0, 0.05) is 25.7 Å². The van der Waals surface area contributed by atoms with Gasteiger partial charge in [-0.05, 0) is 18.1 Å². The number of rotatable bonds is 4. The molecular formula is C14H19N3. The van der Waals surface area contributed by atoms with Gasteiger partial charge in [-0.3, -0.25) is 0 Å². The average molecular weight is 229 g/mol. The van der Waals surface area contributed by atoms with E-state index in [9.17, 15) is 0 Å². The molecule has 0 aliphatic rings. The first-order valence-corrected chi connectivity index (χ1v) is 6.02. The lowest BCUT2D eigenvalue weighted by Gasteiger charge is -2.03. The van der Waals surface area contributed by atoms with E-state index in [4.69, 9.17) is 0 Å². The van der Waals surface area contributed by atoms with Crippen molar-refractivity contribution in [1.29, 1.82) is 0 Å². The molecule has 0 fully saturated rings. The summed E-state index contributed by atoms with van der Waals surface area (Å²) < 4.78 is 0. The molecule has 0 unspecified atom stereocenters. The summed E-state index contributed by atoms with van der Waals surface area (Å²) in [7, 11) is 3.95. The van der Waals surface area contributed by atoms with Gasteiger partial charge in [0.15, 0.2) is 0 Å². The normalized spacial score (nSPS) is 11.5. The Morgan fingerprint density at radius 1 is 1.35 bits per heavy atom. The molecule has 0 atom stereocenters. The van der Waals surface area contributed by atoms with Crippen LogP contribution in [0.25, 0.3) is 10.9 Å². The first-order valence-electron chi connectivity index (χ1n) is 6.02. The maximum Gasteiger partial charge on any atom is 0.0908 e. The predicted molar refractivity (Wildman–Crippen MR) is 74.1 cm³/mol. The molecule has 0 amide bonds. The zero-order chi connectivity index (χ0) is 12.3. The lowest BCUT2D eigenvalue weighted by atomic mass is 10.1. The first kappa shape index (κ1) is 11.7. The zero-order valence-electron chi connectivity index (χ0n) is 10.7. The maximum atomic E-state index is 4.48. The third kappa shape index (κ3) is 2.49. The number of para-hydroxylation sites is 1. The van der Waals surface area contributed by atoms with E-state index < -0.39 is 0 Å². The minimum absolute atomic E-state index is 0.999. The maximum absolute atomic E-state index is 4.48. The van der Waals surface area contributed by atoms with Gasteiger partial charge < -0.3 is 9.88 Å². The van der Waals surface area contributed by atoms with Crippen LogP contribution in [0.4, 0.5) is 5.69 Å². The summed E-state index contributed by atoms with van der Waals surface area (Å²) in [6, 6.07) is 6.26. The Kier molecular flexibility index (Phi) is 3.47. The van der Waals surface area contributed by atoms with E-state index in [1.165, 1.54) is 10.9 Å². The van der Waals surface area contributed by atoms with Crippen molar-refractivity contribution in [3.05, 3.63) is 30.0 Å². The van der Waals surface area contributed by atoms with E-state index >= 15 is 0 Å². The molecule has 0 bridgehead atoms. The Hall–Kier alpha value is -1.77. The lowest BCUT2D eigenvalue weighted by Crippen LogP contribution is -2.06. The van der Waals surface area contributed by atoms with Crippen molar-refractivity contribution in [2.75, 3.05) is 14.1 Å². The van der Waals surface area contributed by atoms with Crippen molar-refractivity contribution in [2.45, 2.75) is 19.8 Å². The van der Waals surface area contributed by atoms with Crippen LogP contribution in [0.1, 0.15) is 18.9 Å². The molecule has 3 heteroatoms. The third-order valence-electron chi connectivity index (χ3n) is 2.73. The largest absolute Gasteiger partial charge is 0.369 e. The van der Waals surface area contributed by atoms with Crippen LogP contribution in [0.15, 0.2) is 29.4 Å². The fourth-order valence-corrected chi connectivity index (χ4v) is 1.96. The second kappa shape index (κ2) is 5.04. The fraction of sp³-hybridized carbons (Fsp3) is 0.357. The van der Waals surface area contributed by atoms with Gasteiger partial charge in [0.2, 0.25) is 0 Å². The van der Waals surface area contributed by atoms with E-state index in [1.807, 2.05) is 31.4 Å². The summed E-state index contributed by atoms with van der Waals surface area (Å²) in [6.45, 7) is 2.20. The molecule has 17 heavy (non-hydrogen) atoms. The quantitative estimate of drug-likeness (QED) is 0.632. The van der Waals surface area contributed by atoms with Gasteiger partial charge in [0.25, 0.3) is 0 Å². The van der Waals surface area contributed by atoms with E-state index in [1.54, 1.807) is 0 Å². The summed E-state index contributed by atoms with van der Waals surface area (Å²) in [5.74, 6) is 0. The number of aryl methyl sites for hydroxylation is 1. The number of hydrogen-bond acceptors (Lipinski definition) is 1. The standard InChI is InChI=1S/C14H19N3/c1-4-6-11-9-15-14-12(11)7-5-8-13(14)16-10-17(2)3/h5,7-10,15H,4,6H2,1-3H3. The van der Waals surface area contributed by atoms with Crippen LogP contribution >= 0.6 is 0 Å². The number of hydrogen-bond donors (Lipinski definition) is 1. The minimum Gasteiger partial charge on any atom is -0.369 e. The van der Waals surface area contributed by atoms with Crippen LogP contribution in [0.3, 0.4) is 0 Å². The predicted octanol–water partition coefficient (Wildman–Crippen LogP) is 3.34. The van der Waals surface area contributed by atoms with Gasteiger partial charge >= 0.3 is 0 Å². The number of fused-ring (bicyclic) bond motifs is 1. The number of aromatic nitrogens is 1. The number of aromatic amines is 1. The van der Waals surface area contributed by atoms with Gasteiger partial charge in [-0.2, -0.15) is 0 Å². The summed E-state index contributed by atoms with van der Waals surface area (Å²) in [5, 5.41) is 1.29. The number of nitrogens with zero attached hydrogens (tertiary/aromatic N) is 2. The highest BCUT2D eigenvalue weighted by molar-refractivity contribution is 5.93. The Balaban J connectivity index is 2.44.